The Morgan fingerprint density at radius 2 is 1.92 bits per heavy atom. The lowest BCUT2D eigenvalue weighted by Crippen LogP contribution is -2.41. The molecule has 1 aliphatic heterocycles. The number of nitrogens with zero attached hydrogens (tertiary/aromatic N) is 1. The van der Waals surface area contributed by atoms with Crippen molar-refractivity contribution in [1.82, 2.24) is 10.2 Å². The Morgan fingerprint density at radius 3 is 2.60 bits per heavy atom. The van der Waals surface area contributed by atoms with E-state index in [1.807, 2.05) is 6.26 Å². The number of hydrogen-bond acceptors (Lipinski definition) is 3. The van der Waals surface area contributed by atoms with Crippen molar-refractivity contribution in [3.63, 3.8) is 0 Å². The molecule has 1 N–H and O–H groups in total. The van der Waals surface area contributed by atoms with Gasteiger partial charge in [-0.25, -0.2) is 0 Å². The number of furan rings is 1. The molecule has 1 aromatic carbocycles. The Balaban J connectivity index is 1.39. The summed E-state index contributed by atoms with van der Waals surface area (Å²) in [6, 6.07) is 11.3. The Bertz CT molecular complexity index is 671. The molecule has 0 bridgehead atoms. The average molecular weight is 336 g/mol. The van der Waals surface area contributed by atoms with Gasteiger partial charge < -0.3 is 9.73 Å². The summed E-state index contributed by atoms with van der Waals surface area (Å²) in [6.07, 6.45) is 8.11. The zero-order valence-electron chi connectivity index (χ0n) is 15.1. The van der Waals surface area contributed by atoms with Gasteiger partial charge in [0, 0.05) is 36.7 Å². The van der Waals surface area contributed by atoms with Crippen LogP contribution in [0.15, 0.2) is 47.3 Å². The van der Waals surface area contributed by atoms with Gasteiger partial charge in [0.1, 0.15) is 0 Å². The van der Waals surface area contributed by atoms with Crippen LogP contribution < -0.4 is 5.32 Å². The lowest BCUT2D eigenvalue weighted by atomic mass is 10.0. The first-order valence-electron chi connectivity index (χ1n) is 9.38. The molecule has 1 aromatic heterocycles. The minimum absolute atomic E-state index is 0.615. The molecule has 1 aliphatic rings. The first-order valence-corrected chi connectivity index (χ1v) is 9.38. The Kier molecular flexibility index (Phi) is 6.73. The predicted molar refractivity (Wildman–Crippen MR) is 102 cm³/mol. The highest BCUT2D eigenvalue weighted by Gasteiger charge is 2.18. The van der Waals surface area contributed by atoms with Crippen LogP contribution in [-0.4, -0.2) is 24.0 Å². The van der Waals surface area contributed by atoms with Gasteiger partial charge in [0.2, 0.25) is 0 Å². The second kappa shape index (κ2) is 9.46. The van der Waals surface area contributed by atoms with E-state index in [9.17, 15) is 0 Å². The first-order chi connectivity index (χ1) is 12.3. The van der Waals surface area contributed by atoms with Crippen LogP contribution in [0.5, 0.6) is 0 Å². The molecule has 1 fully saturated rings. The van der Waals surface area contributed by atoms with Crippen LogP contribution in [0.2, 0.25) is 0 Å². The highest BCUT2D eigenvalue weighted by atomic mass is 16.3. The molecule has 0 atom stereocenters. The van der Waals surface area contributed by atoms with Crippen LogP contribution >= 0.6 is 0 Å². The van der Waals surface area contributed by atoms with Gasteiger partial charge in [-0.3, -0.25) is 4.90 Å². The number of benzene rings is 1. The van der Waals surface area contributed by atoms with E-state index in [0.29, 0.717) is 6.04 Å². The monoisotopic (exact) mass is 336 g/mol. The normalized spacial score (nSPS) is 15.7. The van der Waals surface area contributed by atoms with E-state index in [-0.39, 0.29) is 0 Å². The summed E-state index contributed by atoms with van der Waals surface area (Å²) in [5.74, 6) is 6.42. The fourth-order valence-electron chi connectivity index (χ4n) is 3.19. The number of rotatable bonds is 6. The standard InChI is InChI=1S/C22H28N2O/c1-2-3-4-5-19-6-8-20(9-7-19)16-23-22-10-13-24(14-11-22)17-21-12-15-25-18-21/h6-9,12,15,18,22-23H,2-3,10-11,13-14,16-17H2,1H3. The molecular weight excluding hydrogens is 308 g/mol. The van der Waals surface area contributed by atoms with Gasteiger partial charge in [-0.15, -0.1) is 0 Å². The molecule has 0 radical (unpaired) electrons. The van der Waals surface area contributed by atoms with E-state index >= 15 is 0 Å². The third-order valence-electron chi connectivity index (χ3n) is 4.73. The average Bonchev–Trinajstić information content (AvgIpc) is 3.15. The molecule has 0 saturated carbocycles. The zero-order chi connectivity index (χ0) is 17.3. The lowest BCUT2D eigenvalue weighted by Gasteiger charge is -2.32. The van der Waals surface area contributed by atoms with Crippen LogP contribution in [0, 0.1) is 11.8 Å². The van der Waals surface area contributed by atoms with Crippen molar-refractivity contribution in [1.29, 1.82) is 0 Å². The summed E-state index contributed by atoms with van der Waals surface area (Å²) in [4.78, 5) is 2.51. The number of hydrogen-bond donors (Lipinski definition) is 1. The van der Waals surface area contributed by atoms with Crippen molar-refractivity contribution in [3.05, 3.63) is 59.5 Å². The molecule has 2 heterocycles. The van der Waals surface area contributed by atoms with E-state index in [4.69, 9.17) is 4.42 Å². The van der Waals surface area contributed by atoms with Crippen LogP contribution in [0.3, 0.4) is 0 Å². The maximum atomic E-state index is 5.15. The van der Waals surface area contributed by atoms with Gasteiger partial charge >= 0.3 is 0 Å². The fourth-order valence-corrected chi connectivity index (χ4v) is 3.19. The van der Waals surface area contributed by atoms with Crippen molar-refractivity contribution in [3.8, 4) is 11.8 Å². The largest absolute Gasteiger partial charge is 0.472 e. The number of nitrogens with one attached hydrogen (secondary N) is 1. The van der Waals surface area contributed by atoms with E-state index in [2.05, 4.69) is 59.3 Å². The fraction of sp³-hybridized carbons (Fsp3) is 0.455. The van der Waals surface area contributed by atoms with Gasteiger partial charge in [0.05, 0.1) is 12.5 Å². The molecular formula is C22H28N2O. The van der Waals surface area contributed by atoms with Crippen LogP contribution in [-0.2, 0) is 13.1 Å². The van der Waals surface area contributed by atoms with Gasteiger partial charge in [0.15, 0.2) is 0 Å². The van der Waals surface area contributed by atoms with Crippen LogP contribution in [0.4, 0.5) is 0 Å². The number of piperidine rings is 1. The minimum atomic E-state index is 0.615. The molecule has 3 heteroatoms. The van der Waals surface area contributed by atoms with Gasteiger partial charge in [-0.1, -0.05) is 30.9 Å². The Labute approximate surface area is 151 Å². The second-order valence-corrected chi connectivity index (χ2v) is 6.81. The quantitative estimate of drug-likeness (QED) is 0.802. The lowest BCUT2D eigenvalue weighted by molar-refractivity contribution is 0.189. The highest BCUT2D eigenvalue weighted by Crippen LogP contribution is 2.15. The third-order valence-corrected chi connectivity index (χ3v) is 4.73. The summed E-state index contributed by atoms with van der Waals surface area (Å²) >= 11 is 0. The van der Waals surface area contributed by atoms with Crippen molar-refractivity contribution in [2.24, 2.45) is 0 Å². The smallest absolute Gasteiger partial charge is 0.0947 e. The van der Waals surface area contributed by atoms with Crippen LogP contribution in [0.25, 0.3) is 0 Å². The first kappa shape index (κ1) is 17.8. The zero-order valence-corrected chi connectivity index (χ0v) is 15.1. The summed E-state index contributed by atoms with van der Waals surface area (Å²) in [7, 11) is 0. The van der Waals surface area contributed by atoms with E-state index < -0.39 is 0 Å². The molecule has 2 aromatic rings. The van der Waals surface area contributed by atoms with Crippen molar-refractivity contribution in [2.45, 2.75) is 51.7 Å². The maximum Gasteiger partial charge on any atom is 0.0947 e. The summed E-state index contributed by atoms with van der Waals surface area (Å²) < 4.78 is 5.15. The molecule has 0 spiro atoms. The molecule has 0 amide bonds. The topological polar surface area (TPSA) is 28.4 Å². The third kappa shape index (κ3) is 5.77. The van der Waals surface area contributed by atoms with E-state index in [1.54, 1.807) is 6.26 Å². The summed E-state index contributed by atoms with van der Waals surface area (Å²) in [5.41, 5.74) is 3.72. The Hall–Kier alpha value is -2.02. The molecule has 0 unspecified atom stereocenters. The molecule has 3 nitrogen and oxygen atoms in total. The van der Waals surface area contributed by atoms with Crippen molar-refractivity contribution >= 4 is 0 Å². The maximum absolute atomic E-state index is 5.15. The van der Waals surface area contributed by atoms with Crippen LogP contribution in [0.1, 0.15) is 49.3 Å². The van der Waals surface area contributed by atoms with E-state index in [0.717, 1.165) is 44.6 Å². The molecule has 0 aliphatic carbocycles. The molecule has 1 saturated heterocycles. The summed E-state index contributed by atoms with van der Waals surface area (Å²) in [6.45, 7) is 6.40. The van der Waals surface area contributed by atoms with Crippen molar-refractivity contribution < 1.29 is 4.42 Å². The minimum Gasteiger partial charge on any atom is -0.472 e. The number of likely N-dealkylation sites (tertiary alicyclic amines) is 1. The highest BCUT2D eigenvalue weighted by molar-refractivity contribution is 5.36. The Morgan fingerprint density at radius 1 is 1.12 bits per heavy atom. The molecule has 3 rings (SSSR count). The van der Waals surface area contributed by atoms with Gasteiger partial charge in [0.25, 0.3) is 0 Å². The summed E-state index contributed by atoms with van der Waals surface area (Å²) in [5, 5.41) is 3.71. The second-order valence-electron chi connectivity index (χ2n) is 6.81. The number of unbranched alkanes of at least 4 members (excludes halogenated alkanes) is 1. The molecule has 132 valence electrons. The SMILES string of the molecule is CCCC#Cc1ccc(CNC2CCN(Cc3ccoc3)CC2)cc1. The van der Waals surface area contributed by atoms with Crippen molar-refractivity contribution in [2.75, 3.05) is 13.1 Å². The molecule has 25 heavy (non-hydrogen) atoms. The van der Waals surface area contributed by atoms with E-state index in [1.165, 1.54) is 24.0 Å². The van der Waals surface area contributed by atoms with Gasteiger partial charge in [-0.05, 0) is 56.1 Å². The predicted octanol–water partition coefficient (Wildman–Crippen LogP) is 4.19. The van der Waals surface area contributed by atoms with Gasteiger partial charge in [-0.2, -0.15) is 0 Å².